The van der Waals surface area contributed by atoms with E-state index in [1.54, 1.807) is 0 Å². The third kappa shape index (κ3) is 2.55. The van der Waals surface area contributed by atoms with Crippen molar-refractivity contribution in [1.82, 2.24) is 5.32 Å². The molecule has 0 aliphatic carbocycles. The van der Waals surface area contributed by atoms with Gasteiger partial charge in [0.2, 0.25) is 5.82 Å². The van der Waals surface area contributed by atoms with Gasteiger partial charge < -0.3 is 10.4 Å². The summed E-state index contributed by atoms with van der Waals surface area (Å²) in [6, 6.07) is 3.49. The van der Waals surface area contributed by atoms with Crippen LogP contribution in [0.15, 0.2) is 18.2 Å². The van der Waals surface area contributed by atoms with E-state index in [2.05, 4.69) is 5.32 Å². The van der Waals surface area contributed by atoms with Gasteiger partial charge in [0.1, 0.15) is 5.54 Å². The average molecular weight is 268 g/mol. The maximum absolute atomic E-state index is 13.5. The lowest BCUT2D eigenvalue weighted by Gasteiger charge is -2.24. The van der Waals surface area contributed by atoms with Gasteiger partial charge in [-0.15, -0.1) is 0 Å². The van der Waals surface area contributed by atoms with Gasteiger partial charge >= 0.3 is 11.7 Å². The third-order valence-corrected chi connectivity index (χ3v) is 3.37. The van der Waals surface area contributed by atoms with Crippen molar-refractivity contribution in [3.8, 4) is 0 Å². The van der Waals surface area contributed by atoms with Crippen LogP contribution in [0.25, 0.3) is 0 Å². The smallest absolute Gasteiger partial charge is 0.324 e. The second-order valence-electron chi connectivity index (χ2n) is 4.64. The second-order valence-corrected chi connectivity index (χ2v) is 4.64. The van der Waals surface area contributed by atoms with Gasteiger partial charge in [-0.2, -0.15) is 4.39 Å². The third-order valence-electron chi connectivity index (χ3n) is 3.37. The topological polar surface area (TPSA) is 92.5 Å². The molecule has 6 nitrogen and oxygen atoms in total. The first kappa shape index (κ1) is 13.4. The summed E-state index contributed by atoms with van der Waals surface area (Å²) in [6.45, 7) is 0.599. The Hall–Kier alpha value is -2.02. The molecule has 2 rings (SSSR count). The van der Waals surface area contributed by atoms with Crippen molar-refractivity contribution < 1.29 is 19.2 Å². The minimum absolute atomic E-state index is 0.108. The molecule has 0 radical (unpaired) electrons. The normalized spacial score (nSPS) is 22.4. The fraction of sp³-hybridized carbons (Fsp3) is 0.417. The van der Waals surface area contributed by atoms with Crippen LogP contribution < -0.4 is 5.32 Å². The lowest BCUT2D eigenvalue weighted by Crippen LogP contribution is -2.49. The SMILES string of the molecule is O=C(O)C1(Cc2ccc([N+](=O)[O-])c(F)c2)CCCN1. The van der Waals surface area contributed by atoms with Gasteiger partial charge in [0.05, 0.1) is 4.92 Å². The zero-order valence-electron chi connectivity index (χ0n) is 10.1. The molecule has 0 aromatic heterocycles. The van der Waals surface area contributed by atoms with Gasteiger partial charge in [0.25, 0.3) is 0 Å². The van der Waals surface area contributed by atoms with Crippen molar-refractivity contribution in [2.45, 2.75) is 24.8 Å². The number of nitro groups is 1. The first-order valence-corrected chi connectivity index (χ1v) is 5.86. The van der Waals surface area contributed by atoms with Crippen LogP contribution in [0.5, 0.6) is 0 Å². The van der Waals surface area contributed by atoms with Gasteiger partial charge in [0, 0.05) is 12.5 Å². The Morgan fingerprint density at radius 2 is 2.32 bits per heavy atom. The summed E-state index contributed by atoms with van der Waals surface area (Å²) in [5, 5.41) is 22.7. The summed E-state index contributed by atoms with van der Waals surface area (Å²) in [4.78, 5) is 21.0. The molecule has 7 heteroatoms. The van der Waals surface area contributed by atoms with Crippen molar-refractivity contribution in [3.05, 3.63) is 39.7 Å². The lowest BCUT2D eigenvalue weighted by atomic mass is 9.89. The molecule has 0 spiro atoms. The molecule has 1 fully saturated rings. The average Bonchev–Trinajstić information content (AvgIpc) is 2.78. The van der Waals surface area contributed by atoms with Crippen LogP contribution in [-0.4, -0.2) is 28.1 Å². The molecule has 1 aromatic rings. The van der Waals surface area contributed by atoms with Gasteiger partial charge in [-0.05, 0) is 31.0 Å². The van der Waals surface area contributed by atoms with Gasteiger partial charge in [0.15, 0.2) is 0 Å². The van der Waals surface area contributed by atoms with Crippen LogP contribution in [-0.2, 0) is 11.2 Å². The number of nitrogens with zero attached hydrogens (tertiary/aromatic N) is 1. The molecular weight excluding hydrogens is 255 g/mol. The number of benzene rings is 1. The number of hydrogen-bond donors (Lipinski definition) is 2. The molecule has 1 saturated heterocycles. The van der Waals surface area contributed by atoms with Crippen LogP contribution >= 0.6 is 0 Å². The monoisotopic (exact) mass is 268 g/mol. The minimum Gasteiger partial charge on any atom is -0.480 e. The molecule has 0 saturated carbocycles. The van der Waals surface area contributed by atoms with E-state index in [4.69, 9.17) is 0 Å². The Bertz CT molecular complexity index is 526. The van der Waals surface area contributed by atoms with E-state index in [0.717, 1.165) is 18.6 Å². The Labute approximate surface area is 108 Å². The lowest BCUT2D eigenvalue weighted by molar-refractivity contribution is -0.387. The molecule has 0 bridgehead atoms. The predicted molar refractivity (Wildman–Crippen MR) is 64.4 cm³/mol. The van der Waals surface area contributed by atoms with E-state index in [9.17, 15) is 24.4 Å². The van der Waals surface area contributed by atoms with E-state index in [-0.39, 0.29) is 6.42 Å². The van der Waals surface area contributed by atoms with Gasteiger partial charge in [-0.1, -0.05) is 6.07 Å². The highest BCUT2D eigenvalue weighted by atomic mass is 19.1. The molecule has 19 heavy (non-hydrogen) atoms. The summed E-state index contributed by atoms with van der Waals surface area (Å²) in [5.41, 5.74) is -1.27. The fourth-order valence-electron chi connectivity index (χ4n) is 2.37. The first-order chi connectivity index (χ1) is 8.94. The fourth-order valence-corrected chi connectivity index (χ4v) is 2.37. The quantitative estimate of drug-likeness (QED) is 0.637. The Balaban J connectivity index is 2.26. The summed E-state index contributed by atoms with van der Waals surface area (Å²) in [5.74, 6) is -1.93. The standard InChI is InChI=1S/C12H13FN2O4/c13-9-6-8(2-3-10(9)15(18)19)7-12(11(16)17)4-1-5-14-12/h2-3,6,14H,1,4-5,7H2,(H,16,17). The maximum Gasteiger partial charge on any atom is 0.324 e. The van der Waals surface area contributed by atoms with Gasteiger partial charge in [-0.3, -0.25) is 14.9 Å². The Kier molecular flexibility index (Phi) is 3.48. The van der Waals surface area contributed by atoms with E-state index in [1.807, 2.05) is 0 Å². The van der Waals surface area contributed by atoms with Crippen LogP contribution in [0.2, 0.25) is 0 Å². The van der Waals surface area contributed by atoms with E-state index in [0.29, 0.717) is 18.5 Å². The molecule has 0 amide bonds. The summed E-state index contributed by atoms with van der Waals surface area (Å²) in [6.07, 6.45) is 1.31. The predicted octanol–water partition coefficient (Wildman–Crippen LogP) is 1.48. The van der Waals surface area contributed by atoms with Crippen LogP contribution in [0, 0.1) is 15.9 Å². The molecule has 1 aliphatic rings. The molecular formula is C12H13FN2O4. The second kappa shape index (κ2) is 4.93. The molecule has 1 atom stereocenters. The van der Waals surface area contributed by atoms with E-state index in [1.165, 1.54) is 6.07 Å². The van der Waals surface area contributed by atoms with Crippen LogP contribution in [0.1, 0.15) is 18.4 Å². The molecule has 1 aromatic carbocycles. The molecule has 1 unspecified atom stereocenters. The van der Waals surface area contributed by atoms with Crippen LogP contribution in [0.4, 0.5) is 10.1 Å². The van der Waals surface area contributed by atoms with Crippen molar-refractivity contribution in [2.24, 2.45) is 0 Å². The van der Waals surface area contributed by atoms with Gasteiger partial charge in [-0.25, -0.2) is 0 Å². The minimum atomic E-state index is -1.09. The highest BCUT2D eigenvalue weighted by molar-refractivity contribution is 5.79. The van der Waals surface area contributed by atoms with Crippen molar-refractivity contribution >= 4 is 11.7 Å². The largest absolute Gasteiger partial charge is 0.480 e. The van der Waals surface area contributed by atoms with E-state index >= 15 is 0 Å². The number of rotatable bonds is 4. The summed E-state index contributed by atoms with van der Waals surface area (Å²) in [7, 11) is 0. The van der Waals surface area contributed by atoms with Crippen molar-refractivity contribution in [1.29, 1.82) is 0 Å². The number of halogens is 1. The maximum atomic E-state index is 13.5. The highest BCUT2D eigenvalue weighted by Gasteiger charge is 2.41. The zero-order valence-corrected chi connectivity index (χ0v) is 10.1. The van der Waals surface area contributed by atoms with Crippen molar-refractivity contribution in [3.63, 3.8) is 0 Å². The number of nitro benzene ring substituents is 1. The molecule has 1 heterocycles. The highest BCUT2D eigenvalue weighted by Crippen LogP contribution is 2.26. The van der Waals surface area contributed by atoms with E-state index < -0.39 is 27.9 Å². The van der Waals surface area contributed by atoms with Crippen LogP contribution in [0.3, 0.4) is 0 Å². The number of hydrogen-bond acceptors (Lipinski definition) is 4. The summed E-state index contributed by atoms with van der Waals surface area (Å²) >= 11 is 0. The summed E-state index contributed by atoms with van der Waals surface area (Å²) < 4.78 is 13.5. The number of carbonyl (C=O) groups is 1. The number of nitrogens with one attached hydrogen (secondary N) is 1. The first-order valence-electron chi connectivity index (χ1n) is 5.86. The number of aliphatic carboxylic acids is 1. The molecule has 2 N–H and O–H groups in total. The Morgan fingerprint density at radius 3 is 2.79 bits per heavy atom. The molecule has 1 aliphatic heterocycles. The van der Waals surface area contributed by atoms with Crippen molar-refractivity contribution in [2.75, 3.05) is 6.54 Å². The number of carboxylic acid groups (broad SMARTS) is 1. The number of carboxylic acids is 1. The zero-order chi connectivity index (χ0) is 14.0. The Morgan fingerprint density at radius 1 is 1.58 bits per heavy atom. The molecule has 102 valence electrons.